The Morgan fingerprint density at radius 3 is 2.65 bits per heavy atom. The van der Waals surface area contributed by atoms with Crippen molar-refractivity contribution in [3.05, 3.63) is 42.1 Å². The van der Waals surface area contributed by atoms with Crippen LogP contribution in [0.25, 0.3) is 5.69 Å². The van der Waals surface area contributed by atoms with Crippen LogP contribution in [-0.4, -0.2) is 21.7 Å². The van der Waals surface area contributed by atoms with Crippen molar-refractivity contribution in [2.45, 2.75) is 52.5 Å². The lowest BCUT2D eigenvalue weighted by Gasteiger charge is -2.32. The van der Waals surface area contributed by atoms with Crippen LogP contribution in [0.5, 0.6) is 0 Å². The molecule has 1 heterocycles. The Morgan fingerprint density at radius 2 is 2.00 bits per heavy atom. The minimum Gasteiger partial charge on any atom is -0.293 e. The molecule has 0 aliphatic heterocycles. The van der Waals surface area contributed by atoms with Crippen LogP contribution >= 0.6 is 0 Å². The molecule has 1 amide bonds. The first-order valence-corrected chi connectivity index (χ1v) is 9.39. The Hall–Kier alpha value is -2.61. The Bertz CT molecular complexity index is 809. The summed E-state index contributed by atoms with van der Waals surface area (Å²) in [5.41, 5.74) is 1.41. The first kappa shape index (κ1) is 18.2. The molecule has 1 aromatic heterocycles. The molecule has 0 atom stereocenters. The third kappa shape index (κ3) is 3.80. The average molecular weight is 350 g/mol. The quantitative estimate of drug-likeness (QED) is 0.825. The molecule has 5 heteroatoms. The van der Waals surface area contributed by atoms with E-state index in [0.29, 0.717) is 11.4 Å². The lowest BCUT2D eigenvalue weighted by atomic mass is 9.82. The highest BCUT2D eigenvalue weighted by atomic mass is 16.2. The zero-order valence-electron chi connectivity index (χ0n) is 15.7. The average Bonchev–Trinajstić information content (AvgIpc) is 3.11. The fraction of sp³-hybridized carbons (Fsp3) is 0.476. The lowest BCUT2D eigenvalue weighted by Crippen LogP contribution is -2.42. The van der Waals surface area contributed by atoms with Gasteiger partial charge in [-0.1, -0.05) is 13.0 Å². The molecule has 0 saturated heterocycles. The van der Waals surface area contributed by atoms with Gasteiger partial charge in [-0.25, -0.2) is 4.68 Å². The van der Waals surface area contributed by atoms with Gasteiger partial charge in [0.2, 0.25) is 5.91 Å². The number of carbonyl (C=O) groups excluding carboxylic acids is 1. The number of benzene rings is 1. The van der Waals surface area contributed by atoms with Crippen molar-refractivity contribution >= 4 is 11.7 Å². The van der Waals surface area contributed by atoms with Crippen molar-refractivity contribution in [1.82, 2.24) is 9.78 Å². The molecular weight excluding hydrogens is 324 g/mol. The van der Waals surface area contributed by atoms with Crippen LogP contribution in [0.15, 0.2) is 36.5 Å². The fourth-order valence-corrected chi connectivity index (χ4v) is 3.64. The van der Waals surface area contributed by atoms with E-state index in [1.165, 1.54) is 0 Å². The minimum absolute atomic E-state index is 0.0515. The number of amides is 1. The number of hydrogen-bond donors (Lipinski definition) is 0. The second-order valence-corrected chi connectivity index (χ2v) is 7.54. The largest absolute Gasteiger partial charge is 0.293 e. The summed E-state index contributed by atoms with van der Waals surface area (Å²) in [7, 11) is 0. The van der Waals surface area contributed by atoms with E-state index in [9.17, 15) is 4.79 Å². The summed E-state index contributed by atoms with van der Waals surface area (Å²) in [5.74, 6) is 1.67. The van der Waals surface area contributed by atoms with Crippen molar-refractivity contribution in [1.29, 1.82) is 5.26 Å². The highest BCUT2D eigenvalue weighted by molar-refractivity contribution is 5.94. The summed E-state index contributed by atoms with van der Waals surface area (Å²) in [4.78, 5) is 15.0. The van der Waals surface area contributed by atoms with E-state index >= 15 is 0 Å². The Balaban J connectivity index is 1.84. The van der Waals surface area contributed by atoms with Gasteiger partial charge in [0.15, 0.2) is 5.82 Å². The molecule has 0 bridgehead atoms. The number of hydrogen-bond acceptors (Lipinski definition) is 3. The van der Waals surface area contributed by atoms with Crippen molar-refractivity contribution in [2.24, 2.45) is 11.8 Å². The van der Waals surface area contributed by atoms with Crippen molar-refractivity contribution < 1.29 is 4.79 Å². The smallest absolute Gasteiger partial charge is 0.231 e. The van der Waals surface area contributed by atoms with Gasteiger partial charge >= 0.3 is 0 Å². The Labute approximate surface area is 155 Å². The van der Waals surface area contributed by atoms with Crippen LogP contribution < -0.4 is 4.90 Å². The Morgan fingerprint density at radius 1 is 1.27 bits per heavy atom. The zero-order chi connectivity index (χ0) is 18.7. The first-order valence-electron chi connectivity index (χ1n) is 9.39. The van der Waals surface area contributed by atoms with Gasteiger partial charge in [-0.2, -0.15) is 5.26 Å². The van der Waals surface area contributed by atoms with Gasteiger partial charge in [0.1, 0.15) is 0 Å². The van der Waals surface area contributed by atoms with Crippen LogP contribution in [0.3, 0.4) is 0 Å². The highest BCUT2D eigenvalue weighted by Crippen LogP contribution is 2.31. The summed E-state index contributed by atoms with van der Waals surface area (Å²) < 4.78 is 1.72. The molecule has 1 aliphatic carbocycles. The van der Waals surface area contributed by atoms with Crippen molar-refractivity contribution in [3.63, 3.8) is 0 Å². The van der Waals surface area contributed by atoms with E-state index in [1.807, 2.05) is 43.1 Å². The monoisotopic (exact) mass is 350 g/mol. The summed E-state index contributed by atoms with van der Waals surface area (Å²) in [6.45, 7) is 6.31. The van der Waals surface area contributed by atoms with E-state index in [2.05, 4.69) is 18.1 Å². The third-order valence-corrected chi connectivity index (χ3v) is 5.18. The summed E-state index contributed by atoms with van der Waals surface area (Å²) in [5, 5.41) is 13.7. The van der Waals surface area contributed by atoms with E-state index in [1.54, 1.807) is 16.8 Å². The molecule has 0 radical (unpaired) electrons. The molecule has 1 aromatic carbocycles. The molecule has 0 N–H and O–H groups in total. The summed E-state index contributed by atoms with van der Waals surface area (Å²) >= 11 is 0. The predicted molar refractivity (Wildman–Crippen MR) is 102 cm³/mol. The molecule has 2 aromatic rings. The molecule has 1 fully saturated rings. The SMILES string of the molecule is CC1CCC(C(=O)N(c2ccn(-c3cccc(C#N)c3)n2)C(C)C)CC1. The number of nitrogens with zero attached hydrogens (tertiary/aromatic N) is 4. The van der Waals surface area contributed by atoms with E-state index in [4.69, 9.17) is 5.26 Å². The van der Waals surface area contributed by atoms with E-state index in [0.717, 1.165) is 37.3 Å². The molecular formula is C21H26N4O. The maximum Gasteiger partial charge on any atom is 0.231 e. The van der Waals surface area contributed by atoms with Crippen LogP contribution in [0.1, 0.15) is 52.0 Å². The van der Waals surface area contributed by atoms with E-state index < -0.39 is 0 Å². The van der Waals surface area contributed by atoms with Crippen molar-refractivity contribution in [2.75, 3.05) is 4.90 Å². The van der Waals surface area contributed by atoms with Crippen LogP contribution in [0.2, 0.25) is 0 Å². The number of nitriles is 1. The molecule has 1 aliphatic rings. The molecule has 26 heavy (non-hydrogen) atoms. The van der Waals surface area contributed by atoms with Gasteiger partial charge < -0.3 is 0 Å². The number of aromatic nitrogens is 2. The second-order valence-electron chi connectivity index (χ2n) is 7.54. The molecule has 0 spiro atoms. The maximum absolute atomic E-state index is 13.1. The number of anilines is 1. The first-order chi connectivity index (χ1) is 12.5. The molecule has 1 saturated carbocycles. The van der Waals surface area contributed by atoms with Gasteiger partial charge in [-0.15, -0.1) is 5.10 Å². The third-order valence-electron chi connectivity index (χ3n) is 5.18. The van der Waals surface area contributed by atoms with Gasteiger partial charge in [0, 0.05) is 24.2 Å². The molecule has 0 unspecified atom stereocenters. The zero-order valence-corrected chi connectivity index (χ0v) is 15.7. The highest BCUT2D eigenvalue weighted by Gasteiger charge is 2.31. The van der Waals surface area contributed by atoms with E-state index in [-0.39, 0.29) is 17.9 Å². The van der Waals surface area contributed by atoms with Crippen LogP contribution in [-0.2, 0) is 4.79 Å². The summed E-state index contributed by atoms with van der Waals surface area (Å²) in [6.07, 6.45) is 6.02. The minimum atomic E-state index is 0.0515. The maximum atomic E-state index is 13.1. The number of carbonyl (C=O) groups is 1. The number of rotatable bonds is 4. The van der Waals surface area contributed by atoms with Gasteiger partial charge in [-0.05, 0) is 63.6 Å². The standard InChI is InChI=1S/C21H26N4O/c1-15(2)25(21(26)18-9-7-16(3)8-10-18)20-11-12-24(23-20)19-6-4-5-17(13-19)14-22/h4-6,11-13,15-16,18H,7-10H2,1-3H3. The van der Waals surface area contributed by atoms with Gasteiger partial charge in [-0.3, -0.25) is 9.69 Å². The predicted octanol–water partition coefficient (Wildman–Crippen LogP) is 4.31. The topological polar surface area (TPSA) is 61.9 Å². The van der Waals surface area contributed by atoms with Crippen molar-refractivity contribution in [3.8, 4) is 11.8 Å². The molecule has 3 rings (SSSR count). The second kappa shape index (κ2) is 7.74. The molecule has 5 nitrogen and oxygen atoms in total. The van der Waals surface area contributed by atoms with Crippen LogP contribution in [0.4, 0.5) is 5.82 Å². The van der Waals surface area contributed by atoms with Gasteiger partial charge in [0.25, 0.3) is 0 Å². The van der Waals surface area contributed by atoms with Gasteiger partial charge in [0.05, 0.1) is 17.3 Å². The fourth-order valence-electron chi connectivity index (χ4n) is 3.64. The lowest BCUT2D eigenvalue weighted by molar-refractivity contribution is -0.123. The van der Waals surface area contributed by atoms with Crippen LogP contribution in [0, 0.1) is 23.2 Å². The summed E-state index contributed by atoms with van der Waals surface area (Å²) in [6, 6.07) is 11.4. The normalized spacial score (nSPS) is 20.0. The molecule has 136 valence electrons. The Kier molecular flexibility index (Phi) is 5.41.